The summed E-state index contributed by atoms with van der Waals surface area (Å²) in [5, 5.41) is 0. The van der Waals surface area contributed by atoms with E-state index in [0.717, 1.165) is 23.5 Å². The number of esters is 1. The minimum atomic E-state index is -0.306. The van der Waals surface area contributed by atoms with Crippen LogP contribution in [0.25, 0.3) is 11.4 Å². The average Bonchev–Trinajstić information content (AvgIpc) is 3.36. The molecule has 0 spiro atoms. The van der Waals surface area contributed by atoms with Crippen LogP contribution in [-0.2, 0) is 16.6 Å². The van der Waals surface area contributed by atoms with Gasteiger partial charge in [-0.2, -0.15) is 0 Å². The smallest absolute Gasteiger partial charge is 0.309 e. The molecule has 0 aliphatic heterocycles. The van der Waals surface area contributed by atoms with Crippen molar-refractivity contribution < 1.29 is 14.3 Å². The van der Waals surface area contributed by atoms with E-state index in [1.54, 1.807) is 10.7 Å². The minimum absolute atomic E-state index is 0.0800. The second-order valence-corrected chi connectivity index (χ2v) is 8.38. The second-order valence-electron chi connectivity index (χ2n) is 8.38. The van der Waals surface area contributed by atoms with Gasteiger partial charge < -0.3 is 9.30 Å². The summed E-state index contributed by atoms with van der Waals surface area (Å²) in [7, 11) is 1.84. The Bertz CT molecular complexity index is 1230. The van der Waals surface area contributed by atoms with Crippen molar-refractivity contribution in [2.45, 2.75) is 34.1 Å². The molecule has 0 unspecified atom stereocenters. The fourth-order valence-corrected chi connectivity index (χ4v) is 4.17. The van der Waals surface area contributed by atoms with Gasteiger partial charge in [0.25, 0.3) is 5.56 Å². The first-order chi connectivity index (χ1) is 14.7. The van der Waals surface area contributed by atoms with E-state index < -0.39 is 0 Å². The summed E-state index contributed by atoms with van der Waals surface area (Å²) in [6, 6.07) is 11.2. The topological polar surface area (TPSA) is 75.2 Å². The van der Waals surface area contributed by atoms with Crippen LogP contribution in [0.3, 0.4) is 0 Å². The Labute approximate surface area is 180 Å². The van der Waals surface area contributed by atoms with E-state index in [0.29, 0.717) is 22.9 Å². The molecule has 1 aliphatic carbocycles. The maximum Gasteiger partial charge on any atom is 0.309 e. The molecule has 4 rings (SSSR count). The molecule has 162 valence electrons. The van der Waals surface area contributed by atoms with Crippen LogP contribution in [0.5, 0.6) is 0 Å². The number of hydrogen-bond donors (Lipinski definition) is 0. The maximum atomic E-state index is 13.4. The first kappa shape index (κ1) is 20.9. The summed E-state index contributed by atoms with van der Waals surface area (Å²) < 4.78 is 10.5. The molecule has 0 amide bonds. The van der Waals surface area contributed by atoms with Crippen LogP contribution in [0.15, 0.2) is 41.2 Å². The molecule has 7 heteroatoms. The van der Waals surface area contributed by atoms with Gasteiger partial charge >= 0.3 is 5.97 Å². The third kappa shape index (κ3) is 3.54. The van der Waals surface area contributed by atoms with Crippen LogP contribution in [0.4, 0.5) is 0 Å². The number of ketones is 1. The van der Waals surface area contributed by atoms with Crippen molar-refractivity contribution in [1.29, 1.82) is 0 Å². The van der Waals surface area contributed by atoms with Crippen LogP contribution in [0.2, 0.25) is 0 Å². The number of nitrogens with zero attached hydrogens (tertiary/aromatic N) is 3. The zero-order valence-corrected chi connectivity index (χ0v) is 18.5. The van der Waals surface area contributed by atoms with Crippen LogP contribution < -0.4 is 5.56 Å². The van der Waals surface area contributed by atoms with Crippen LogP contribution in [0.1, 0.15) is 40.8 Å². The molecular weight excluding hydrogens is 394 g/mol. The van der Waals surface area contributed by atoms with Crippen LogP contribution in [0, 0.1) is 32.6 Å². The summed E-state index contributed by atoms with van der Waals surface area (Å²) in [6.07, 6.45) is 0.822. The molecule has 1 aliphatic rings. The van der Waals surface area contributed by atoms with E-state index in [1.165, 1.54) is 0 Å². The van der Waals surface area contributed by atoms with Crippen molar-refractivity contribution >= 4 is 11.8 Å². The molecule has 1 aromatic carbocycles. The van der Waals surface area contributed by atoms with Gasteiger partial charge in [0.2, 0.25) is 5.78 Å². The number of Topliss-reactive ketones (excluding diaryl/α,β-unsaturated/α-hetero) is 1. The maximum absolute atomic E-state index is 13.4. The Morgan fingerprint density at radius 2 is 1.74 bits per heavy atom. The number of para-hydroxylation sites is 1. The SMILES string of the molecule is Cc1cc(C(=O)COC(=O)[C@@H]2C[C@@H]2C)c(C)n1-c1c(C)n(C)n(-c2ccccc2)c1=O. The highest BCUT2D eigenvalue weighted by Crippen LogP contribution is 2.38. The molecule has 3 aromatic rings. The van der Waals surface area contributed by atoms with Crippen molar-refractivity contribution in [1.82, 2.24) is 13.9 Å². The Kier molecular flexibility index (Phi) is 5.21. The second kappa shape index (κ2) is 7.72. The van der Waals surface area contributed by atoms with Crippen molar-refractivity contribution in [3.8, 4) is 11.4 Å². The molecular formula is C24H27N3O4. The monoisotopic (exact) mass is 421 g/mol. The molecule has 7 nitrogen and oxygen atoms in total. The number of aromatic nitrogens is 3. The molecule has 31 heavy (non-hydrogen) atoms. The van der Waals surface area contributed by atoms with Crippen molar-refractivity contribution in [2.24, 2.45) is 18.9 Å². The summed E-state index contributed by atoms with van der Waals surface area (Å²) >= 11 is 0. The first-order valence-electron chi connectivity index (χ1n) is 10.5. The van der Waals surface area contributed by atoms with Gasteiger partial charge in [-0.15, -0.1) is 0 Å². The van der Waals surface area contributed by atoms with Gasteiger partial charge in [-0.1, -0.05) is 25.1 Å². The van der Waals surface area contributed by atoms with Crippen molar-refractivity contribution in [2.75, 3.05) is 6.61 Å². The zero-order chi connectivity index (χ0) is 22.4. The quantitative estimate of drug-likeness (QED) is 0.452. The van der Waals surface area contributed by atoms with Crippen molar-refractivity contribution in [3.05, 3.63) is 69.4 Å². The molecule has 1 saturated carbocycles. The van der Waals surface area contributed by atoms with E-state index in [-0.39, 0.29) is 29.8 Å². The fraction of sp³-hybridized carbons (Fsp3) is 0.375. The highest BCUT2D eigenvalue weighted by molar-refractivity contribution is 5.99. The fourth-order valence-electron chi connectivity index (χ4n) is 4.17. The van der Waals surface area contributed by atoms with E-state index in [9.17, 15) is 14.4 Å². The van der Waals surface area contributed by atoms with Crippen molar-refractivity contribution in [3.63, 3.8) is 0 Å². The third-order valence-corrected chi connectivity index (χ3v) is 6.24. The Balaban J connectivity index is 1.69. The van der Waals surface area contributed by atoms with Gasteiger partial charge in [0.15, 0.2) is 6.61 Å². The number of ether oxygens (including phenoxy) is 1. The van der Waals surface area contributed by atoms with Crippen LogP contribution >= 0.6 is 0 Å². The highest BCUT2D eigenvalue weighted by Gasteiger charge is 2.40. The summed E-state index contributed by atoms with van der Waals surface area (Å²) in [4.78, 5) is 38.1. The normalized spacial score (nSPS) is 17.6. The number of rotatable bonds is 6. The van der Waals surface area contributed by atoms with Gasteiger partial charge in [0.05, 0.1) is 17.3 Å². The Morgan fingerprint density at radius 1 is 1.10 bits per heavy atom. The summed E-state index contributed by atoms with van der Waals surface area (Å²) in [6.45, 7) is 7.26. The number of aryl methyl sites for hydroxylation is 1. The molecule has 2 heterocycles. The number of benzene rings is 1. The standard InChI is InChI=1S/C24H27N3O4/c1-14-11-19(14)24(30)31-13-21(28)20-12-15(2)26(16(20)3)22-17(4)25(5)27(23(22)29)18-9-7-6-8-10-18/h6-10,12,14,19H,11,13H2,1-5H3/t14-,19+/m0/s1. The average molecular weight is 421 g/mol. The highest BCUT2D eigenvalue weighted by atomic mass is 16.5. The van der Waals surface area contributed by atoms with E-state index in [1.807, 2.05) is 74.3 Å². The van der Waals surface area contributed by atoms with E-state index in [4.69, 9.17) is 4.74 Å². The molecule has 0 saturated heterocycles. The molecule has 2 aromatic heterocycles. The lowest BCUT2D eigenvalue weighted by molar-refractivity contribution is -0.144. The first-order valence-corrected chi connectivity index (χ1v) is 10.5. The Hall–Kier alpha value is -3.35. The molecule has 0 bridgehead atoms. The predicted molar refractivity (Wildman–Crippen MR) is 117 cm³/mol. The summed E-state index contributed by atoms with van der Waals surface area (Å²) in [5.41, 5.74) is 3.78. The Morgan fingerprint density at radius 3 is 2.35 bits per heavy atom. The molecule has 2 atom stereocenters. The van der Waals surface area contributed by atoms with Gasteiger partial charge in [-0.3, -0.25) is 19.1 Å². The van der Waals surface area contributed by atoms with Crippen LogP contribution in [-0.4, -0.2) is 32.3 Å². The van der Waals surface area contributed by atoms with E-state index in [2.05, 4.69) is 0 Å². The van der Waals surface area contributed by atoms with Gasteiger partial charge in [0, 0.05) is 24.0 Å². The third-order valence-electron chi connectivity index (χ3n) is 6.24. The van der Waals surface area contributed by atoms with Gasteiger partial charge in [0.1, 0.15) is 5.69 Å². The zero-order valence-electron chi connectivity index (χ0n) is 18.5. The van der Waals surface area contributed by atoms with Gasteiger partial charge in [-0.05, 0) is 51.3 Å². The van der Waals surface area contributed by atoms with E-state index >= 15 is 0 Å². The minimum Gasteiger partial charge on any atom is -0.457 e. The van der Waals surface area contributed by atoms with Gasteiger partial charge in [-0.25, -0.2) is 4.68 Å². The predicted octanol–water partition coefficient (Wildman–Crippen LogP) is 3.27. The molecule has 1 fully saturated rings. The number of carbonyl (C=O) groups excluding carboxylic acids is 2. The lowest BCUT2D eigenvalue weighted by Crippen LogP contribution is -2.22. The lowest BCUT2D eigenvalue weighted by atomic mass is 10.1. The molecule has 0 N–H and O–H groups in total. The largest absolute Gasteiger partial charge is 0.457 e. The number of carbonyl (C=O) groups is 2. The summed E-state index contributed by atoms with van der Waals surface area (Å²) in [5.74, 6) is -0.318. The lowest BCUT2D eigenvalue weighted by Gasteiger charge is -2.09. The molecule has 0 radical (unpaired) electrons. The number of hydrogen-bond acceptors (Lipinski definition) is 4.